The van der Waals surface area contributed by atoms with Gasteiger partial charge in [-0.15, -0.1) is 0 Å². The van der Waals surface area contributed by atoms with Crippen LogP contribution in [-0.2, 0) is 30.7 Å². The molecule has 0 bridgehead atoms. The molecule has 0 radical (unpaired) electrons. The van der Waals surface area contributed by atoms with Crippen LogP contribution in [0.25, 0.3) is 16.3 Å². The van der Waals surface area contributed by atoms with Crippen molar-refractivity contribution in [1.82, 2.24) is 4.57 Å². The average Bonchev–Trinajstić information content (AvgIpc) is 3.08. The van der Waals surface area contributed by atoms with E-state index in [0.29, 0.717) is 15.8 Å². The molecule has 2 aromatic carbocycles. The standard InChI is InChI=1S/C21H19N3O7S2/c1-3-31-20(26)13-23-17-9-8-16(33(2,29)30)12-18(17)32-21(23)22-19(25)10-7-14-5-4-6-15(11-14)24(27)28/h4-12H,3,13H2,1-2H3. The van der Waals surface area contributed by atoms with E-state index < -0.39 is 26.6 Å². The number of amides is 1. The molecule has 3 aromatic rings. The molecule has 0 spiro atoms. The highest BCUT2D eigenvalue weighted by atomic mass is 32.2. The van der Waals surface area contributed by atoms with Crippen molar-refractivity contribution >= 4 is 55.0 Å². The Hall–Kier alpha value is -3.64. The predicted octanol–water partition coefficient (Wildman–Crippen LogP) is 2.72. The van der Waals surface area contributed by atoms with Gasteiger partial charge < -0.3 is 9.30 Å². The van der Waals surface area contributed by atoms with E-state index in [1.807, 2.05) is 0 Å². The van der Waals surface area contributed by atoms with Crippen LogP contribution in [0.5, 0.6) is 0 Å². The van der Waals surface area contributed by atoms with Gasteiger partial charge >= 0.3 is 5.97 Å². The summed E-state index contributed by atoms with van der Waals surface area (Å²) in [6, 6.07) is 10.2. The topological polar surface area (TPSA) is 138 Å². The van der Waals surface area contributed by atoms with E-state index in [1.165, 1.54) is 41.0 Å². The van der Waals surface area contributed by atoms with Gasteiger partial charge in [0.2, 0.25) is 0 Å². The fourth-order valence-electron chi connectivity index (χ4n) is 2.90. The molecule has 10 nitrogen and oxygen atoms in total. The smallest absolute Gasteiger partial charge is 0.326 e. The fraction of sp³-hybridized carbons (Fsp3) is 0.190. The van der Waals surface area contributed by atoms with Crippen LogP contribution < -0.4 is 4.80 Å². The lowest BCUT2D eigenvalue weighted by atomic mass is 10.2. The molecule has 1 amide bonds. The number of carbonyl (C=O) groups is 2. The van der Waals surface area contributed by atoms with Crippen molar-refractivity contribution in [1.29, 1.82) is 0 Å². The van der Waals surface area contributed by atoms with Gasteiger partial charge in [-0.3, -0.25) is 19.7 Å². The minimum atomic E-state index is -3.45. The molecule has 0 unspecified atom stereocenters. The summed E-state index contributed by atoms with van der Waals surface area (Å²) in [5.74, 6) is -1.19. The molecule has 3 rings (SSSR count). The van der Waals surface area contributed by atoms with Crippen molar-refractivity contribution in [3.05, 3.63) is 69.0 Å². The van der Waals surface area contributed by atoms with Crippen LogP contribution in [0.3, 0.4) is 0 Å². The van der Waals surface area contributed by atoms with Crippen LogP contribution in [0.4, 0.5) is 5.69 Å². The van der Waals surface area contributed by atoms with Crippen LogP contribution in [-0.4, -0.2) is 42.6 Å². The first kappa shape index (κ1) is 24.0. The Kier molecular flexibility index (Phi) is 7.19. The van der Waals surface area contributed by atoms with Gasteiger partial charge in [0.05, 0.1) is 26.6 Å². The van der Waals surface area contributed by atoms with Gasteiger partial charge in [-0.05, 0) is 36.8 Å². The Morgan fingerprint density at radius 3 is 2.67 bits per heavy atom. The summed E-state index contributed by atoms with van der Waals surface area (Å²) < 4.78 is 30.8. The summed E-state index contributed by atoms with van der Waals surface area (Å²) in [4.78, 5) is 39.2. The molecule has 0 fully saturated rings. The predicted molar refractivity (Wildman–Crippen MR) is 122 cm³/mol. The van der Waals surface area contributed by atoms with E-state index in [1.54, 1.807) is 19.1 Å². The van der Waals surface area contributed by atoms with Gasteiger partial charge in [-0.25, -0.2) is 8.42 Å². The van der Waals surface area contributed by atoms with Crippen molar-refractivity contribution in [2.24, 2.45) is 4.99 Å². The van der Waals surface area contributed by atoms with Gasteiger partial charge in [0, 0.05) is 24.5 Å². The molecular weight excluding hydrogens is 470 g/mol. The van der Waals surface area contributed by atoms with Crippen LogP contribution in [0.1, 0.15) is 12.5 Å². The lowest BCUT2D eigenvalue weighted by Gasteiger charge is -2.05. The fourth-order valence-corrected chi connectivity index (χ4v) is 4.69. The van der Waals surface area contributed by atoms with Crippen molar-refractivity contribution < 1.29 is 27.7 Å². The molecule has 1 aromatic heterocycles. The Morgan fingerprint density at radius 1 is 1.24 bits per heavy atom. The van der Waals surface area contributed by atoms with E-state index in [4.69, 9.17) is 4.74 Å². The van der Waals surface area contributed by atoms with E-state index >= 15 is 0 Å². The number of sulfone groups is 1. The summed E-state index contributed by atoms with van der Waals surface area (Å²) in [7, 11) is -3.45. The number of ether oxygens (including phenoxy) is 1. The lowest BCUT2D eigenvalue weighted by molar-refractivity contribution is -0.384. The monoisotopic (exact) mass is 489 g/mol. The van der Waals surface area contributed by atoms with Crippen LogP contribution >= 0.6 is 11.3 Å². The summed E-state index contributed by atoms with van der Waals surface area (Å²) >= 11 is 1.05. The minimum absolute atomic E-state index is 0.1000. The highest BCUT2D eigenvalue weighted by Gasteiger charge is 2.15. The summed E-state index contributed by atoms with van der Waals surface area (Å²) in [5, 5.41) is 10.9. The Labute approximate surface area is 192 Å². The molecule has 0 atom stereocenters. The normalized spacial score (nSPS) is 12.4. The minimum Gasteiger partial charge on any atom is -0.465 e. The third-order valence-electron chi connectivity index (χ3n) is 4.38. The number of rotatable bonds is 7. The second kappa shape index (κ2) is 9.88. The Bertz CT molecular complexity index is 1450. The SMILES string of the molecule is CCOC(=O)Cn1c(=NC(=O)C=Cc2cccc([N+](=O)[O-])c2)sc2cc(S(C)(=O)=O)ccc21. The third kappa shape index (κ3) is 5.99. The van der Waals surface area contributed by atoms with E-state index in [0.717, 1.165) is 23.7 Å². The molecule has 0 N–H and O–H groups in total. The number of benzene rings is 2. The van der Waals surface area contributed by atoms with Crippen molar-refractivity contribution in [3.8, 4) is 0 Å². The molecule has 1 heterocycles. The van der Waals surface area contributed by atoms with Gasteiger partial charge in [0.25, 0.3) is 11.6 Å². The molecular formula is C21H19N3O7S2. The molecule has 12 heteroatoms. The van der Waals surface area contributed by atoms with Crippen molar-refractivity contribution in [2.75, 3.05) is 12.9 Å². The number of carbonyl (C=O) groups excluding carboxylic acids is 2. The maximum absolute atomic E-state index is 12.5. The Balaban J connectivity index is 2.03. The number of non-ortho nitro benzene ring substituents is 1. The zero-order chi connectivity index (χ0) is 24.2. The summed E-state index contributed by atoms with van der Waals surface area (Å²) in [5.41, 5.74) is 0.857. The quantitative estimate of drug-likeness (QED) is 0.215. The van der Waals surface area contributed by atoms with Gasteiger partial charge in [0.15, 0.2) is 14.6 Å². The van der Waals surface area contributed by atoms with E-state index in [2.05, 4.69) is 4.99 Å². The first-order valence-electron chi connectivity index (χ1n) is 9.59. The molecule has 172 valence electrons. The number of nitro benzene ring substituents is 1. The first-order chi connectivity index (χ1) is 15.6. The number of hydrogen-bond donors (Lipinski definition) is 0. The van der Waals surface area contributed by atoms with Gasteiger partial charge in [0.1, 0.15) is 6.54 Å². The van der Waals surface area contributed by atoms with Crippen LogP contribution in [0.15, 0.2) is 58.4 Å². The maximum Gasteiger partial charge on any atom is 0.326 e. The molecule has 0 saturated carbocycles. The van der Waals surface area contributed by atoms with Crippen molar-refractivity contribution in [3.63, 3.8) is 0 Å². The second-order valence-corrected chi connectivity index (χ2v) is 9.84. The first-order valence-corrected chi connectivity index (χ1v) is 12.3. The highest BCUT2D eigenvalue weighted by Crippen LogP contribution is 2.22. The van der Waals surface area contributed by atoms with Gasteiger partial charge in [-0.2, -0.15) is 4.99 Å². The zero-order valence-electron chi connectivity index (χ0n) is 17.6. The Morgan fingerprint density at radius 2 is 2.00 bits per heavy atom. The molecule has 0 aliphatic carbocycles. The largest absolute Gasteiger partial charge is 0.465 e. The maximum atomic E-state index is 12.5. The van der Waals surface area contributed by atoms with Crippen molar-refractivity contribution in [2.45, 2.75) is 18.4 Å². The number of fused-ring (bicyclic) bond motifs is 1. The van der Waals surface area contributed by atoms with Gasteiger partial charge in [-0.1, -0.05) is 23.5 Å². The number of nitrogens with zero attached hydrogens (tertiary/aromatic N) is 3. The molecule has 0 aliphatic heterocycles. The molecule has 33 heavy (non-hydrogen) atoms. The number of hydrogen-bond acceptors (Lipinski definition) is 8. The average molecular weight is 490 g/mol. The second-order valence-electron chi connectivity index (χ2n) is 6.81. The highest BCUT2D eigenvalue weighted by molar-refractivity contribution is 7.90. The van der Waals surface area contributed by atoms with Crippen LogP contribution in [0, 0.1) is 10.1 Å². The third-order valence-corrected chi connectivity index (χ3v) is 6.53. The molecule has 0 saturated heterocycles. The number of thiazole rings is 1. The molecule has 0 aliphatic rings. The van der Waals surface area contributed by atoms with E-state index in [-0.39, 0.29) is 28.5 Å². The summed E-state index contributed by atoms with van der Waals surface area (Å²) in [6.45, 7) is 1.63. The number of aromatic nitrogens is 1. The van der Waals surface area contributed by atoms with E-state index in [9.17, 15) is 28.1 Å². The number of esters is 1. The summed E-state index contributed by atoms with van der Waals surface area (Å²) in [6.07, 6.45) is 3.63. The zero-order valence-corrected chi connectivity index (χ0v) is 19.3. The van der Waals surface area contributed by atoms with Crippen LogP contribution in [0.2, 0.25) is 0 Å². The lowest BCUT2D eigenvalue weighted by Crippen LogP contribution is -2.22. The number of nitro groups is 1.